The zero-order valence-corrected chi connectivity index (χ0v) is 14.9. The molecule has 0 bridgehead atoms. The van der Waals surface area contributed by atoms with E-state index in [4.69, 9.17) is 5.73 Å². The fourth-order valence-electron chi connectivity index (χ4n) is 2.76. The minimum Gasteiger partial charge on any atom is -0.388 e. The molecule has 7 nitrogen and oxygen atoms in total. The molecule has 4 rings (SSSR count). The zero-order chi connectivity index (χ0) is 18.1. The molecule has 1 fully saturated rings. The van der Waals surface area contributed by atoms with E-state index in [9.17, 15) is 9.90 Å². The lowest BCUT2D eigenvalue weighted by molar-refractivity contribution is 0.1000. The Morgan fingerprint density at radius 3 is 2.73 bits per heavy atom. The number of thiazole rings is 1. The van der Waals surface area contributed by atoms with Crippen molar-refractivity contribution in [2.45, 2.75) is 31.3 Å². The second-order valence-electron chi connectivity index (χ2n) is 6.38. The average Bonchev–Trinajstić information content (AvgIpc) is 3.40. The maximum atomic E-state index is 11.4. The van der Waals surface area contributed by atoms with Gasteiger partial charge in [-0.15, -0.1) is 0 Å². The highest BCUT2D eigenvalue weighted by Gasteiger charge is 2.28. The molecule has 2 heterocycles. The van der Waals surface area contributed by atoms with E-state index in [1.54, 1.807) is 0 Å². The van der Waals surface area contributed by atoms with Crippen molar-refractivity contribution in [2.24, 2.45) is 5.73 Å². The van der Waals surface area contributed by atoms with Crippen molar-refractivity contribution in [3.8, 4) is 0 Å². The Morgan fingerprint density at radius 2 is 2.04 bits per heavy atom. The Hall–Kier alpha value is -2.58. The number of aromatic nitrogens is 3. The van der Waals surface area contributed by atoms with Crippen molar-refractivity contribution in [2.75, 3.05) is 11.9 Å². The number of rotatable bonds is 7. The smallest absolute Gasteiger partial charge is 0.277 e. The van der Waals surface area contributed by atoms with Crippen molar-refractivity contribution < 1.29 is 9.90 Å². The van der Waals surface area contributed by atoms with E-state index in [1.807, 2.05) is 30.3 Å². The van der Waals surface area contributed by atoms with Gasteiger partial charge in [0.15, 0.2) is 10.8 Å². The molecule has 3 aromatic rings. The molecule has 0 saturated heterocycles. The summed E-state index contributed by atoms with van der Waals surface area (Å²) in [5, 5.41) is 13.8. The lowest BCUT2D eigenvalue weighted by atomic mass is 10.1. The van der Waals surface area contributed by atoms with Crippen LogP contribution in [-0.2, 0) is 0 Å². The fraction of sp³-hybridized carbons (Fsp3) is 0.333. The number of hydrogen-bond acceptors (Lipinski definition) is 7. The third-order valence-electron chi connectivity index (χ3n) is 4.32. The molecular formula is C18H19N5O2S. The molecule has 0 aliphatic heterocycles. The van der Waals surface area contributed by atoms with Gasteiger partial charge < -0.3 is 16.2 Å². The number of carbonyl (C=O) groups excluding carboxylic acids is 1. The Labute approximate surface area is 154 Å². The molecule has 0 spiro atoms. The van der Waals surface area contributed by atoms with Crippen LogP contribution < -0.4 is 11.1 Å². The summed E-state index contributed by atoms with van der Waals surface area (Å²) in [5.41, 5.74) is 6.79. The summed E-state index contributed by atoms with van der Waals surface area (Å²) in [6.07, 6.45) is 2.14. The Kier molecular flexibility index (Phi) is 4.52. The van der Waals surface area contributed by atoms with E-state index in [2.05, 4.69) is 20.3 Å². The summed E-state index contributed by atoms with van der Waals surface area (Å²) in [6.45, 7) is 0.524. The van der Waals surface area contributed by atoms with Gasteiger partial charge in [0.2, 0.25) is 0 Å². The van der Waals surface area contributed by atoms with Crippen LogP contribution in [0.5, 0.6) is 0 Å². The molecular weight excluding hydrogens is 350 g/mol. The first-order valence-electron chi connectivity index (χ1n) is 8.57. The number of nitrogens with two attached hydrogens (primary N) is 1. The highest BCUT2D eigenvalue weighted by molar-refractivity contribution is 7.19. The van der Waals surface area contributed by atoms with Gasteiger partial charge in [0.25, 0.3) is 5.91 Å². The minimum absolute atomic E-state index is 0.231. The summed E-state index contributed by atoms with van der Waals surface area (Å²) < 4.78 is 0. The van der Waals surface area contributed by atoms with Crippen molar-refractivity contribution >= 4 is 33.4 Å². The summed E-state index contributed by atoms with van der Waals surface area (Å²) >= 11 is 1.19. The van der Waals surface area contributed by atoms with Crippen LogP contribution in [0.1, 0.15) is 52.5 Å². The maximum Gasteiger partial charge on any atom is 0.277 e. The molecule has 0 radical (unpaired) electrons. The number of benzene rings is 1. The van der Waals surface area contributed by atoms with Gasteiger partial charge in [0, 0.05) is 12.5 Å². The van der Waals surface area contributed by atoms with Crippen molar-refractivity contribution in [3.05, 3.63) is 46.7 Å². The summed E-state index contributed by atoms with van der Waals surface area (Å²) in [4.78, 5) is 25.5. The van der Waals surface area contributed by atoms with Crippen LogP contribution in [0.25, 0.3) is 10.3 Å². The van der Waals surface area contributed by atoms with Crippen LogP contribution in [0.3, 0.4) is 0 Å². The number of fused-ring (bicyclic) bond motifs is 1. The molecule has 1 saturated carbocycles. The molecule has 8 heteroatoms. The van der Waals surface area contributed by atoms with E-state index >= 15 is 0 Å². The van der Waals surface area contributed by atoms with Gasteiger partial charge in [-0.3, -0.25) is 4.79 Å². The third kappa shape index (κ3) is 3.51. The van der Waals surface area contributed by atoms with Gasteiger partial charge in [-0.05, 0) is 24.8 Å². The largest absolute Gasteiger partial charge is 0.388 e. The van der Waals surface area contributed by atoms with Crippen LogP contribution in [0.15, 0.2) is 30.3 Å². The van der Waals surface area contributed by atoms with E-state index in [0.29, 0.717) is 35.0 Å². The van der Waals surface area contributed by atoms with Gasteiger partial charge in [0.05, 0.1) is 6.10 Å². The molecule has 26 heavy (non-hydrogen) atoms. The average molecular weight is 369 g/mol. The topological polar surface area (TPSA) is 114 Å². The van der Waals surface area contributed by atoms with E-state index in [-0.39, 0.29) is 5.01 Å². The normalized spacial score (nSPS) is 15.1. The number of anilines is 1. The van der Waals surface area contributed by atoms with Gasteiger partial charge in [-0.1, -0.05) is 41.7 Å². The second-order valence-corrected chi connectivity index (χ2v) is 7.36. The van der Waals surface area contributed by atoms with Crippen molar-refractivity contribution in [1.29, 1.82) is 0 Å². The van der Waals surface area contributed by atoms with Gasteiger partial charge >= 0.3 is 0 Å². The summed E-state index contributed by atoms with van der Waals surface area (Å²) in [5.74, 6) is 1.20. The van der Waals surface area contributed by atoms with Crippen LogP contribution in [-0.4, -0.2) is 32.5 Å². The number of amides is 1. The molecule has 1 aliphatic carbocycles. The highest BCUT2D eigenvalue weighted by Crippen LogP contribution is 2.40. The summed E-state index contributed by atoms with van der Waals surface area (Å²) in [6, 6.07) is 9.53. The summed E-state index contributed by atoms with van der Waals surface area (Å²) in [7, 11) is 0. The highest BCUT2D eigenvalue weighted by atomic mass is 32.1. The number of primary amides is 1. The fourth-order valence-corrected chi connectivity index (χ4v) is 3.56. The van der Waals surface area contributed by atoms with Gasteiger partial charge in [0.1, 0.15) is 16.2 Å². The SMILES string of the molecule is NC(=O)c1nc2c(NCCC(O)c3ccccc3)nc(C3CC3)nc2s1. The van der Waals surface area contributed by atoms with Crippen LogP contribution in [0.4, 0.5) is 5.82 Å². The van der Waals surface area contributed by atoms with Gasteiger partial charge in [-0.25, -0.2) is 15.0 Å². The first-order chi connectivity index (χ1) is 12.6. The Bertz CT molecular complexity index is 939. The molecule has 1 atom stereocenters. The predicted molar refractivity (Wildman–Crippen MR) is 100 cm³/mol. The second kappa shape index (κ2) is 6.97. The predicted octanol–water partition coefficient (Wildman–Crippen LogP) is 2.60. The molecule has 134 valence electrons. The molecule has 1 amide bonds. The van der Waals surface area contributed by atoms with E-state index in [0.717, 1.165) is 24.2 Å². The molecule has 4 N–H and O–H groups in total. The lowest BCUT2D eigenvalue weighted by Gasteiger charge is -2.12. The Morgan fingerprint density at radius 1 is 1.27 bits per heavy atom. The number of nitrogens with zero attached hydrogens (tertiary/aromatic N) is 3. The first-order valence-corrected chi connectivity index (χ1v) is 9.38. The number of aliphatic hydroxyl groups is 1. The quantitative estimate of drug-likeness (QED) is 0.590. The molecule has 1 aromatic carbocycles. The van der Waals surface area contributed by atoms with Crippen LogP contribution in [0.2, 0.25) is 0 Å². The van der Waals surface area contributed by atoms with Crippen molar-refractivity contribution in [1.82, 2.24) is 15.0 Å². The molecule has 1 aliphatic rings. The number of hydrogen-bond donors (Lipinski definition) is 3. The third-order valence-corrected chi connectivity index (χ3v) is 5.29. The van der Waals surface area contributed by atoms with Gasteiger partial charge in [-0.2, -0.15) is 0 Å². The number of carbonyl (C=O) groups is 1. The minimum atomic E-state index is -0.563. The van der Waals surface area contributed by atoms with E-state index < -0.39 is 12.0 Å². The molecule has 1 unspecified atom stereocenters. The van der Waals surface area contributed by atoms with Crippen molar-refractivity contribution in [3.63, 3.8) is 0 Å². The Balaban J connectivity index is 1.53. The standard InChI is InChI=1S/C18H19N5O2S/c19-14(25)18-21-13-16(22-15(11-6-7-11)23-17(13)26-18)20-9-8-12(24)10-4-2-1-3-5-10/h1-5,11-12,24H,6-9H2,(H2,19,25)(H,20,22,23). The molecule has 2 aromatic heterocycles. The maximum absolute atomic E-state index is 11.4. The van der Waals surface area contributed by atoms with Crippen LogP contribution in [0, 0.1) is 0 Å². The lowest BCUT2D eigenvalue weighted by Crippen LogP contribution is -2.11. The van der Waals surface area contributed by atoms with Crippen LogP contribution >= 0.6 is 11.3 Å². The number of nitrogens with one attached hydrogen (secondary N) is 1. The number of aliphatic hydroxyl groups excluding tert-OH is 1. The first kappa shape index (κ1) is 16.9. The van der Waals surface area contributed by atoms with E-state index in [1.165, 1.54) is 11.3 Å². The monoisotopic (exact) mass is 369 g/mol. The zero-order valence-electron chi connectivity index (χ0n) is 14.1.